The van der Waals surface area contributed by atoms with E-state index in [2.05, 4.69) is 10.2 Å². The average molecular weight is 299 g/mol. The Hall–Kier alpha value is -1.47. The first kappa shape index (κ1) is 14.9. The van der Waals surface area contributed by atoms with E-state index in [1.54, 1.807) is 6.92 Å². The Labute approximate surface area is 119 Å². The van der Waals surface area contributed by atoms with Crippen LogP contribution in [0.25, 0.3) is 0 Å². The summed E-state index contributed by atoms with van der Waals surface area (Å²) >= 11 is 0.773. The Bertz CT molecular complexity index is 580. The van der Waals surface area contributed by atoms with Crippen molar-refractivity contribution in [2.75, 3.05) is 0 Å². The van der Waals surface area contributed by atoms with Crippen LogP contribution in [0.2, 0.25) is 0 Å². The van der Waals surface area contributed by atoms with Crippen LogP contribution in [0.5, 0.6) is 0 Å². The molecule has 0 bridgehead atoms. The Kier molecular flexibility index (Phi) is 4.72. The fourth-order valence-electron chi connectivity index (χ4n) is 1.68. The van der Waals surface area contributed by atoms with Crippen LogP contribution in [-0.4, -0.2) is 16.2 Å². The Morgan fingerprint density at radius 2 is 1.95 bits per heavy atom. The van der Waals surface area contributed by atoms with E-state index >= 15 is 0 Å². The summed E-state index contributed by atoms with van der Waals surface area (Å²) in [6, 6.07) is 2.49. The molecule has 4 nitrogen and oxygen atoms in total. The second kappa shape index (κ2) is 6.32. The van der Waals surface area contributed by atoms with Gasteiger partial charge in [0.15, 0.2) is 0 Å². The minimum atomic E-state index is -0.649. The molecular formula is C13H15F2N3OS. The fourth-order valence-corrected chi connectivity index (χ4v) is 2.41. The van der Waals surface area contributed by atoms with E-state index < -0.39 is 11.6 Å². The quantitative estimate of drug-likeness (QED) is 0.919. The molecule has 20 heavy (non-hydrogen) atoms. The maximum atomic E-state index is 14.0. The minimum Gasteiger partial charge on any atom is -0.416 e. The summed E-state index contributed by atoms with van der Waals surface area (Å²) in [7, 11) is 0. The number of nitrogens with two attached hydrogens (primary N) is 1. The van der Waals surface area contributed by atoms with Gasteiger partial charge in [-0.25, -0.2) is 8.78 Å². The SMILES string of the molecule is CCC(N)Cc1cc(F)c(Sc2nnc(C)o2)c(F)c1. The van der Waals surface area contributed by atoms with E-state index in [1.165, 1.54) is 12.1 Å². The molecule has 1 unspecified atom stereocenters. The number of hydrogen-bond donors (Lipinski definition) is 1. The number of nitrogens with zero attached hydrogens (tertiary/aromatic N) is 2. The number of aromatic nitrogens is 2. The van der Waals surface area contributed by atoms with Crippen molar-refractivity contribution in [3.63, 3.8) is 0 Å². The number of aryl methyl sites for hydroxylation is 1. The van der Waals surface area contributed by atoms with Crippen LogP contribution in [0.4, 0.5) is 8.78 Å². The van der Waals surface area contributed by atoms with Gasteiger partial charge in [-0.05, 0) is 42.3 Å². The zero-order chi connectivity index (χ0) is 14.7. The lowest BCUT2D eigenvalue weighted by atomic mass is 10.0. The predicted octanol–water partition coefficient (Wildman–Crippen LogP) is 3.09. The molecule has 1 heterocycles. The molecule has 0 aliphatic carbocycles. The normalized spacial score (nSPS) is 12.7. The largest absolute Gasteiger partial charge is 0.416 e. The van der Waals surface area contributed by atoms with Crippen molar-refractivity contribution in [2.45, 2.75) is 42.8 Å². The molecule has 1 atom stereocenters. The molecule has 0 fully saturated rings. The zero-order valence-electron chi connectivity index (χ0n) is 11.2. The van der Waals surface area contributed by atoms with E-state index in [0.717, 1.165) is 18.2 Å². The minimum absolute atomic E-state index is 0.106. The fraction of sp³-hybridized carbons (Fsp3) is 0.385. The van der Waals surface area contributed by atoms with Crippen LogP contribution < -0.4 is 5.73 Å². The molecule has 1 aromatic heterocycles. The molecule has 0 saturated heterocycles. The third-order valence-electron chi connectivity index (χ3n) is 2.78. The van der Waals surface area contributed by atoms with Crippen LogP contribution in [0.3, 0.4) is 0 Å². The molecule has 0 aliphatic rings. The van der Waals surface area contributed by atoms with E-state index in [4.69, 9.17) is 10.2 Å². The summed E-state index contributed by atoms with van der Waals surface area (Å²) in [6.45, 7) is 3.54. The number of benzene rings is 1. The Morgan fingerprint density at radius 1 is 1.30 bits per heavy atom. The summed E-state index contributed by atoms with van der Waals surface area (Å²) < 4.78 is 33.0. The van der Waals surface area contributed by atoms with Gasteiger partial charge in [-0.15, -0.1) is 10.2 Å². The van der Waals surface area contributed by atoms with Crippen LogP contribution in [-0.2, 0) is 6.42 Å². The van der Waals surface area contributed by atoms with E-state index in [0.29, 0.717) is 17.9 Å². The smallest absolute Gasteiger partial charge is 0.281 e. The Balaban J connectivity index is 2.22. The molecule has 0 radical (unpaired) electrons. The lowest BCUT2D eigenvalue weighted by molar-refractivity contribution is 0.427. The molecule has 7 heteroatoms. The summed E-state index contributed by atoms with van der Waals surface area (Å²) in [6.07, 6.45) is 1.19. The summed E-state index contributed by atoms with van der Waals surface area (Å²) in [5.41, 5.74) is 6.33. The van der Waals surface area contributed by atoms with Gasteiger partial charge in [0.05, 0.1) is 4.90 Å². The number of hydrogen-bond acceptors (Lipinski definition) is 5. The lowest BCUT2D eigenvalue weighted by Gasteiger charge is -2.10. The highest BCUT2D eigenvalue weighted by molar-refractivity contribution is 7.99. The Morgan fingerprint density at radius 3 is 2.45 bits per heavy atom. The van der Waals surface area contributed by atoms with E-state index in [9.17, 15) is 8.78 Å². The van der Waals surface area contributed by atoms with Gasteiger partial charge in [-0.1, -0.05) is 6.92 Å². The van der Waals surface area contributed by atoms with Crippen molar-refractivity contribution in [1.82, 2.24) is 10.2 Å². The monoisotopic (exact) mass is 299 g/mol. The number of rotatable bonds is 5. The van der Waals surface area contributed by atoms with Crippen molar-refractivity contribution in [3.05, 3.63) is 35.2 Å². The summed E-state index contributed by atoms with van der Waals surface area (Å²) in [5.74, 6) is -0.952. The topological polar surface area (TPSA) is 64.9 Å². The van der Waals surface area contributed by atoms with Crippen LogP contribution in [0, 0.1) is 18.6 Å². The van der Waals surface area contributed by atoms with E-state index in [1.807, 2.05) is 6.92 Å². The van der Waals surface area contributed by atoms with Crippen molar-refractivity contribution in [3.8, 4) is 0 Å². The van der Waals surface area contributed by atoms with Gasteiger partial charge in [-0.3, -0.25) is 0 Å². The van der Waals surface area contributed by atoms with Gasteiger partial charge in [0.25, 0.3) is 5.22 Å². The highest BCUT2D eigenvalue weighted by Gasteiger charge is 2.16. The van der Waals surface area contributed by atoms with Crippen LogP contribution in [0.15, 0.2) is 26.7 Å². The first-order valence-electron chi connectivity index (χ1n) is 6.21. The van der Waals surface area contributed by atoms with Gasteiger partial charge in [0, 0.05) is 13.0 Å². The molecule has 0 saturated carbocycles. The van der Waals surface area contributed by atoms with Crippen molar-refractivity contribution < 1.29 is 13.2 Å². The first-order chi connectivity index (χ1) is 9.49. The summed E-state index contributed by atoms with van der Waals surface area (Å²) in [4.78, 5) is -0.150. The van der Waals surface area contributed by atoms with Crippen LogP contribution in [0.1, 0.15) is 24.8 Å². The molecule has 108 valence electrons. The highest BCUT2D eigenvalue weighted by atomic mass is 32.2. The van der Waals surface area contributed by atoms with Gasteiger partial charge in [0.1, 0.15) is 11.6 Å². The first-order valence-corrected chi connectivity index (χ1v) is 7.02. The van der Waals surface area contributed by atoms with Gasteiger partial charge < -0.3 is 10.2 Å². The molecule has 2 aromatic rings. The number of halogens is 2. The second-order valence-corrected chi connectivity index (χ2v) is 5.41. The summed E-state index contributed by atoms with van der Waals surface area (Å²) in [5, 5.41) is 7.42. The van der Waals surface area contributed by atoms with Crippen molar-refractivity contribution in [1.29, 1.82) is 0 Å². The van der Waals surface area contributed by atoms with Gasteiger partial charge >= 0.3 is 0 Å². The highest BCUT2D eigenvalue weighted by Crippen LogP contribution is 2.32. The molecule has 0 aliphatic heterocycles. The molecule has 0 spiro atoms. The second-order valence-electron chi connectivity index (χ2n) is 4.45. The van der Waals surface area contributed by atoms with Crippen LogP contribution >= 0.6 is 11.8 Å². The standard InChI is InChI=1S/C13H15F2N3OS/c1-3-9(16)4-8-5-10(14)12(11(15)6-8)20-13-18-17-7(2)19-13/h5-6,9H,3-4,16H2,1-2H3. The predicted molar refractivity (Wildman–Crippen MR) is 71.5 cm³/mol. The molecule has 0 amide bonds. The van der Waals surface area contributed by atoms with Crippen molar-refractivity contribution >= 4 is 11.8 Å². The third-order valence-corrected chi connectivity index (χ3v) is 3.71. The average Bonchev–Trinajstić information content (AvgIpc) is 2.79. The van der Waals surface area contributed by atoms with E-state index in [-0.39, 0.29) is 16.2 Å². The molecule has 2 rings (SSSR count). The molecule has 1 aromatic carbocycles. The lowest BCUT2D eigenvalue weighted by Crippen LogP contribution is -2.21. The maximum Gasteiger partial charge on any atom is 0.281 e. The van der Waals surface area contributed by atoms with Gasteiger partial charge in [-0.2, -0.15) is 0 Å². The zero-order valence-corrected chi connectivity index (χ0v) is 12.0. The maximum absolute atomic E-state index is 14.0. The van der Waals surface area contributed by atoms with Gasteiger partial charge in [0.2, 0.25) is 5.89 Å². The molecular weight excluding hydrogens is 284 g/mol. The van der Waals surface area contributed by atoms with Crippen molar-refractivity contribution in [2.24, 2.45) is 5.73 Å². The molecule has 2 N–H and O–H groups in total. The third kappa shape index (κ3) is 3.55.